The van der Waals surface area contributed by atoms with Crippen LogP contribution < -0.4 is 15.2 Å². The van der Waals surface area contributed by atoms with Crippen molar-refractivity contribution >= 4 is 0 Å². The highest BCUT2D eigenvalue weighted by atomic mass is 16.5. The molecule has 0 aromatic heterocycles. The van der Waals surface area contributed by atoms with Gasteiger partial charge in [0.1, 0.15) is 0 Å². The zero-order valence-corrected chi connectivity index (χ0v) is 11.7. The Morgan fingerprint density at radius 2 is 1.78 bits per heavy atom. The molecule has 3 N–H and O–H groups in total. The van der Waals surface area contributed by atoms with Crippen molar-refractivity contribution in [2.45, 2.75) is 32.9 Å². The number of hydrogen-bond acceptors (Lipinski definition) is 4. The summed E-state index contributed by atoms with van der Waals surface area (Å²) in [5.41, 5.74) is 6.59. The minimum Gasteiger partial charge on any atom is -0.493 e. The fraction of sp³-hybridized carbons (Fsp3) is 0.571. The van der Waals surface area contributed by atoms with Crippen molar-refractivity contribution in [2.75, 3.05) is 14.2 Å². The first kappa shape index (κ1) is 14.8. The molecule has 2 atom stereocenters. The summed E-state index contributed by atoms with van der Waals surface area (Å²) < 4.78 is 10.6. The van der Waals surface area contributed by atoms with E-state index in [0.29, 0.717) is 11.5 Å². The van der Waals surface area contributed by atoms with Gasteiger partial charge >= 0.3 is 0 Å². The van der Waals surface area contributed by atoms with Gasteiger partial charge in [-0.15, -0.1) is 0 Å². The number of ether oxygens (including phenoxy) is 2. The van der Waals surface area contributed by atoms with Crippen molar-refractivity contribution in [3.63, 3.8) is 0 Å². The molecule has 0 saturated carbocycles. The highest BCUT2D eigenvalue weighted by Crippen LogP contribution is 2.37. The summed E-state index contributed by atoms with van der Waals surface area (Å²) in [5.74, 6) is 1.20. The van der Waals surface area contributed by atoms with Gasteiger partial charge in [-0.25, -0.2) is 0 Å². The minimum absolute atomic E-state index is 0.298. The third-order valence-electron chi connectivity index (χ3n) is 3.02. The maximum atomic E-state index is 10.3. The third-order valence-corrected chi connectivity index (χ3v) is 3.02. The van der Waals surface area contributed by atoms with Crippen LogP contribution in [0.15, 0.2) is 18.2 Å². The number of nitrogens with two attached hydrogens (primary N) is 1. The lowest BCUT2D eigenvalue weighted by molar-refractivity contribution is 0.0394. The molecule has 1 aromatic rings. The van der Waals surface area contributed by atoms with Crippen LogP contribution in [-0.4, -0.2) is 25.4 Å². The lowest BCUT2D eigenvalue weighted by Crippen LogP contribution is -2.37. The monoisotopic (exact) mass is 253 g/mol. The van der Waals surface area contributed by atoms with E-state index in [0.717, 1.165) is 5.56 Å². The lowest BCUT2D eigenvalue weighted by atomic mass is 9.82. The second kappa shape index (κ2) is 5.59. The lowest BCUT2D eigenvalue weighted by Gasteiger charge is -2.31. The fourth-order valence-electron chi connectivity index (χ4n) is 1.88. The van der Waals surface area contributed by atoms with Crippen LogP contribution in [0.4, 0.5) is 0 Å². The van der Waals surface area contributed by atoms with Gasteiger partial charge in [0.2, 0.25) is 0 Å². The highest BCUT2D eigenvalue weighted by Gasteiger charge is 2.31. The molecule has 0 bridgehead atoms. The van der Waals surface area contributed by atoms with E-state index in [-0.39, 0.29) is 5.41 Å². The van der Waals surface area contributed by atoms with Crippen LogP contribution in [0.2, 0.25) is 0 Å². The van der Waals surface area contributed by atoms with Gasteiger partial charge in [0, 0.05) is 5.56 Å². The zero-order valence-electron chi connectivity index (χ0n) is 11.7. The molecule has 18 heavy (non-hydrogen) atoms. The predicted octanol–water partition coefficient (Wildman–Crippen LogP) is 2.11. The Hall–Kier alpha value is -1.26. The molecule has 0 aliphatic heterocycles. The first-order valence-corrected chi connectivity index (χ1v) is 5.97. The molecule has 4 heteroatoms. The van der Waals surface area contributed by atoms with Crippen LogP contribution in [0.1, 0.15) is 32.4 Å². The average Bonchev–Trinajstić information content (AvgIpc) is 2.34. The number of benzene rings is 1. The van der Waals surface area contributed by atoms with Gasteiger partial charge in [0.15, 0.2) is 11.5 Å². The number of rotatable bonds is 4. The SMILES string of the molecule is COc1cccc([C@@H](N)[C@@H](O)C(C)(C)C)c1OC. The number of hydrogen-bond donors (Lipinski definition) is 2. The number of para-hydroxylation sites is 1. The Balaban J connectivity index is 3.17. The van der Waals surface area contributed by atoms with E-state index in [1.807, 2.05) is 32.9 Å². The molecule has 0 unspecified atom stereocenters. The van der Waals surface area contributed by atoms with Crippen molar-refractivity contribution in [3.8, 4) is 11.5 Å². The largest absolute Gasteiger partial charge is 0.493 e. The molecule has 0 saturated heterocycles. The first-order chi connectivity index (χ1) is 8.32. The summed E-state index contributed by atoms with van der Waals surface area (Å²) in [6.45, 7) is 5.85. The molecule has 0 heterocycles. The van der Waals surface area contributed by atoms with Crippen LogP contribution in [0.25, 0.3) is 0 Å². The van der Waals surface area contributed by atoms with Crippen LogP contribution in [0.3, 0.4) is 0 Å². The second-order valence-corrected chi connectivity index (χ2v) is 5.42. The van der Waals surface area contributed by atoms with Gasteiger partial charge in [0.25, 0.3) is 0 Å². The molecule has 0 amide bonds. The molecule has 1 rings (SSSR count). The Labute approximate surface area is 109 Å². The van der Waals surface area contributed by atoms with Crippen LogP contribution in [0.5, 0.6) is 11.5 Å². The van der Waals surface area contributed by atoms with Gasteiger partial charge < -0.3 is 20.3 Å². The molecule has 0 aliphatic rings. The summed E-state index contributed by atoms with van der Waals surface area (Å²) in [5, 5.41) is 10.3. The highest BCUT2D eigenvalue weighted by molar-refractivity contribution is 5.48. The van der Waals surface area contributed by atoms with Crippen molar-refractivity contribution in [2.24, 2.45) is 11.1 Å². The van der Waals surface area contributed by atoms with Crippen LogP contribution in [-0.2, 0) is 0 Å². The van der Waals surface area contributed by atoms with E-state index in [4.69, 9.17) is 15.2 Å². The van der Waals surface area contributed by atoms with Crippen molar-refractivity contribution in [3.05, 3.63) is 23.8 Å². The Morgan fingerprint density at radius 3 is 2.22 bits per heavy atom. The second-order valence-electron chi connectivity index (χ2n) is 5.42. The summed E-state index contributed by atoms with van der Waals surface area (Å²) in [7, 11) is 3.14. The van der Waals surface area contributed by atoms with Crippen molar-refractivity contribution in [1.29, 1.82) is 0 Å². The average molecular weight is 253 g/mol. The van der Waals surface area contributed by atoms with Gasteiger partial charge in [-0.3, -0.25) is 0 Å². The third kappa shape index (κ3) is 2.94. The predicted molar refractivity (Wildman–Crippen MR) is 71.9 cm³/mol. The molecule has 102 valence electrons. The molecule has 0 fully saturated rings. The van der Waals surface area contributed by atoms with Crippen LogP contribution in [0, 0.1) is 5.41 Å². The Kier molecular flexibility index (Phi) is 4.59. The van der Waals surface area contributed by atoms with E-state index in [9.17, 15) is 5.11 Å². The smallest absolute Gasteiger partial charge is 0.165 e. The molecule has 4 nitrogen and oxygen atoms in total. The molecular weight excluding hydrogens is 230 g/mol. The molecule has 0 aliphatic carbocycles. The van der Waals surface area contributed by atoms with E-state index >= 15 is 0 Å². The number of aliphatic hydroxyl groups excluding tert-OH is 1. The zero-order chi connectivity index (χ0) is 13.9. The van der Waals surface area contributed by atoms with Gasteiger partial charge in [-0.1, -0.05) is 32.9 Å². The molecule has 0 spiro atoms. The minimum atomic E-state index is -0.668. The van der Waals surface area contributed by atoms with Gasteiger partial charge in [-0.05, 0) is 11.5 Å². The van der Waals surface area contributed by atoms with Crippen LogP contribution >= 0.6 is 0 Å². The number of methoxy groups -OCH3 is 2. The summed E-state index contributed by atoms with van der Waals surface area (Å²) >= 11 is 0. The Morgan fingerprint density at radius 1 is 1.17 bits per heavy atom. The maximum absolute atomic E-state index is 10.3. The van der Waals surface area contributed by atoms with Gasteiger partial charge in [-0.2, -0.15) is 0 Å². The van der Waals surface area contributed by atoms with Crippen molar-refractivity contribution < 1.29 is 14.6 Å². The fourth-order valence-corrected chi connectivity index (χ4v) is 1.88. The van der Waals surface area contributed by atoms with E-state index < -0.39 is 12.1 Å². The molecular formula is C14H23NO3. The quantitative estimate of drug-likeness (QED) is 0.862. The Bertz CT molecular complexity index is 399. The van der Waals surface area contributed by atoms with Gasteiger partial charge in [0.05, 0.1) is 26.4 Å². The summed E-state index contributed by atoms with van der Waals surface area (Å²) in [6, 6.07) is 4.97. The van der Waals surface area contributed by atoms with Crippen molar-refractivity contribution in [1.82, 2.24) is 0 Å². The van der Waals surface area contributed by atoms with E-state index in [2.05, 4.69) is 0 Å². The number of aliphatic hydroxyl groups is 1. The molecule has 0 radical (unpaired) electrons. The standard InChI is InChI=1S/C14H23NO3/c1-14(2,3)13(16)11(15)9-7-6-8-10(17-4)12(9)18-5/h6-8,11,13,16H,15H2,1-5H3/t11-,13-/m1/s1. The van der Waals surface area contributed by atoms with E-state index in [1.54, 1.807) is 20.3 Å². The maximum Gasteiger partial charge on any atom is 0.165 e. The van der Waals surface area contributed by atoms with E-state index in [1.165, 1.54) is 0 Å². The first-order valence-electron chi connectivity index (χ1n) is 5.97. The molecule has 1 aromatic carbocycles. The summed E-state index contributed by atoms with van der Waals surface area (Å²) in [4.78, 5) is 0. The summed E-state index contributed by atoms with van der Waals surface area (Å²) in [6.07, 6.45) is -0.668. The topological polar surface area (TPSA) is 64.7 Å². The normalized spacial score (nSPS) is 15.1.